The molecular formula is C10H12N2O4. The number of alkyl carbamates (subject to hydrolysis) is 1. The molecule has 1 aliphatic rings. The monoisotopic (exact) mass is 224 g/mol. The number of cyclic esters (lactones) is 1. The van der Waals surface area contributed by atoms with Crippen LogP contribution < -0.4 is 14.8 Å². The van der Waals surface area contributed by atoms with E-state index in [1.807, 2.05) is 0 Å². The summed E-state index contributed by atoms with van der Waals surface area (Å²) < 4.78 is 15.2. The lowest BCUT2D eigenvalue weighted by Crippen LogP contribution is -2.20. The summed E-state index contributed by atoms with van der Waals surface area (Å²) in [7, 11) is 3.07. The van der Waals surface area contributed by atoms with Crippen molar-refractivity contribution in [1.82, 2.24) is 10.3 Å². The summed E-state index contributed by atoms with van der Waals surface area (Å²) in [6.45, 7) is 0.247. The summed E-state index contributed by atoms with van der Waals surface area (Å²) in [6.07, 6.45) is 1.14. The van der Waals surface area contributed by atoms with Gasteiger partial charge in [-0.25, -0.2) is 9.78 Å². The Hall–Kier alpha value is -1.98. The van der Waals surface area contributed by atoms with Gasteiger partial charge < -0.3 is 19.5 Å². The van der Waals surface area contributed by atoms with Gasteiger partial charge in [0.05, 0.1) is 19.8 Å². The summed E-state index contributed by atoms with van der Waals surface area (Å²) in [4.78, 5) is 15.1. The zero-order valence-corrected chi connectivity index (χ0v) is 9.02. The molecule has 2 rings (SSSR count). The quantitative estimate of drug-likeness (QED) is 0.825. The van der Waals surface area contributed by atoms with Crippen LogP contribution in [-0.2, 0) is 4.74 Å². The third-order valence-electron chi connectivity index (χ3n) is 2.35. The minimum atomic E-state index is -0.446. The number of carbonyl (C=O) groups excluding carboxylic acids is 1. The molecule has 1 aliphatic heterocycles. The number of aromatic nitrogens is 1. The van der Waals surface area contributed by atoms with E-state index in [4.69, 9.17) is 14.2 Å². The molecular weight excluding hydrogens is 212 g/mol. The average molecular weight is 224 g/mol. The topological polar surface area (TPSA) is 69.7 Å². The molecule has 1 aromatic rings. The van der Waals surface area contributed by atoms with E-state index >= 15 is 0 Å². The molecule has 0 radical (unpaired) electrons. The summed E-state index contributed by atoms with van der Waals surface area (Å²) in [5.41, 5.74) is 0.693. The molecule has 1 saturated heterocycles. The van der Waals surface area contributed by atoms with Gasteiger partial charge in [0.1, 0.15) is 18.4 Å². The standard InChI is InChI=1S/C10H12N2O4/c1-14-7-3-4-11-9(15-2)8(7)6-5-16-10(13)12-6/h3-4,6H,5H2,1-2H3,(H,12,13). The van der Waals surface area contributed by atoms with Gasteiger partial charge in [0.2, 0.25) is 5.88 Å². The van der Waals surface area contributed by atoms with E-state index in [0.29, 0.717) is 17.2 Å². The molecule has 2 heterocycles. The second-order valence-corrected chi connectivity index (χ2v) is 3.23. The minimum Gasteiger partial charge on any atom is -0.496 e. The lowest BCUT2D eigenvalue weighted by molar-refractivity contribution is 0.176. The smallest absolute Gasteiger partial charge is 0.407 e. The first-order valence-electron chi connectivity index (χ1n) is 4.76. The molecule has 1 atom stereocenters. The van der Waals surface area contributed by atoms with Gasteiger partial charge in [-0.2, -0.15) is 0 Å². The third-order valence-corrected chi connectivity index (χ3v) is 2.35. The molecule has 1 aromatic heterocycles. The highest BCUT2D eigenvalue weighted by Crippen LogP contribution is 2.33. The molecule has 6 nitrogen and oxygen atoms in total. The van der Waals surface area contributed by atoms with Gasteiger partial charge in [0.25, 0.3) is 0 Å². The van der Waals surface area contributed by atoms with Gasteiger partial charge >= 0.3 is 6.09 Å². The van der Waals surface area contributed by atoms with Crippen molar-refractivity contribution >= 4 is 6.09 Å². The number of pyridine rings is 1. The van der Waals surface area contributed by atoms with Crippen LogP contribution in [0.1, 0.15) is 11.6 Å². The number of methoxy groups -OCH3 is 2. The van der Waals surface area contributed by atoms with Crippen molar-refractivity contribution in [1.29, 1.82) is 0 Å². The summed E-state index contributed by atoms with van der Waals surface area (Å²) in [5, 5.41) is 2.66. The molecule has 1 unspecified atom stereocenters. The van der Waals surface area contributed by atoms with E-state index in [-0.39, 0.29) is 12.6 Å². The van der Waals surface area contributed by atoms with Crippen molar-refractivity contribution in [3.8, 4) is 11.6 Å². The lowest BCUT2D eigenvalue weighted by Gasteiger charge is -2.15. The average Bonchev–Trinajstić information content (AvgIpc) is 2.74. The fraction of sp³-hybridized carbons (Fsp3) is 0.400. The molecule has 0 aliphatic carbocycles. The Balaban J connectivity index is 2.40. The van der Waals surface area contributed by atoms with Gasteiger partial charge in [-0.05, 0) is 6.07 Å². The minimum absolute atomic E-state index is 0.247. The van der Waals surface area contributed by atoms with E-state index in [1.165, 1.54) is 7.11 Å². The van der Waals surface area contributed by atoms with Crippen molar-refractivity contribution in [2.24, 2.45) is 0 Å². The van der Waals surface area contributed by atoms with Crippen molar-refractivity contribution in [3.63, 3.8) is 0 Å². The maximum absolute atomic E-state index is 11.0. The molecule has 1 fully saturated rings. The number of carbonyl (C=O) groups is 1. The largest absolute Gasteiger partial charge is 0.496 e. The Kier molecular flexibility index (Phi) is 2.80. The fourth-order valence-corrected chi connectivity index (χ4v) is 1.64. The Morgan fingerprint density at radius 3 is 2.88 bits per heavy atom. The van der Waals surface area contributed by atoms with Gasteiger partial charge in [0, 0.05) is 6.20 Å². The molecule has 0 saturated carbocycles. The van der Waals surface area contributed by atoms with Gasteiger partial charge in [-0.15, -0.1) is 0 Å². The van der Waals surface area contributed by atoms with Crippen LogP contribution in [0.15, 0.2) is 12.3 Å². The number of rotatable bonds is 3. The number of ether oxygens (including phenoxy) is 3. The van der Waals surface area contributed by atoms with Gasteiger partial charge in [-0.3, -0.25) is 0 Å². The maximum atomic E-state index is 11.0. The highest BCUT2D eigenvalue weighted by Gasteiger charge is 2.30. The van der Waals surface area contributed by atoms with Crippen LogP contribution in [0.2, 0.25) is 0 Å². The van der Waals surface area contributed by atoms with Crippen LogP contribution in [0.4, 0.5) is 4.79 Å². The van der Waals surface area contributed by atoms with Crippen LogP contribution in [0.5, 0.6) is 11.6 Å². The summed E-state index contributed by atoms with van der Waals surface area (Å²) in [5.74, 6) is 1.04. The van der Waals surface area contributed by atoms with Gasteiger partial charge in [0.15, 0.2) is 0 Å². The first-order valence-corrected chi connectivity index (χ1v) is 4.76. The molecule has 86 valence electrons. The van der Waals surface area contributed by atoms with Crippen LogP contribution in [0.25, 0.3) is 0 Å². The number of amides is 1. The van der Waals surface area contributed by atoms with Crippen molar-refractivity contribution in [3.05, 3.63) is 17.8 Å². The zero-order valence-electron chi connectivity index (χ0n) is 9.02. The highest BCUT2D eigenvalue weighted by molar-refractivity contribution is 5.70. The van der Waals surface area contributed by atoms with E-state index in [2.05, 4.69) is 10.3 Å². The number of nitrogens with one attached hydrogen (secondary N) is 1. The van der Waals surface area contributed by atoms with Crippen LogP contribution in [0, 0.1) is 0 Å². The van der Waals surface area contributed by atoms with E-state index in [9.17, 15) is 4.79 Å². The summed E-state index contributed by atoms with van der Waals surface area (Å²) >= 11 is 0. The van der Waals surface area contributed by atoms with Crippen molar-refractivity contribution in [2.75, 3.05) is 20.8 Å². The zero-order chi connectivity index (χ0) is 11.5. The number of hydrogen-bond acceptors (Lipinski definition) is 5. The molecule has 6 heteroatoms. The highest BCUT2D eigenvalue weighted by atomic mass is 16.6. The molecule has 0 aromatic carbocycles. The Morgan fingerprint density at radius 1 is 1.50 bits per heavy atom. The van der Waals surface area contributed by atoms with Gasteiger partial charge in [-0.1, -0.05) is 0 Å². The molecule has 0 spiro atoms. The maximum Gasteiger partial charge on any atom is 0.407 e. The van der Waals surface area contributed by atoms with Crippen molar-refractivity contribution < 1.29 is 19.0 Å². The second-order valence-electron chi connectivity index (χ2n) is 3.23. The molecule has 16 heavy (non-hydrogen) atoms. The van der Waals surface area contributed by atoms with Crippen LogP contribution in [0.3, 0.4) is 0 Å². The summed E-state index contributed by atoms with van der Waals surface area (Å²) in [6, 6.07) is 1.42. The Bertz CT molecular complexity index is 386. The Morgan fingerprint density at radius 2 is 2.31 bits per heavy atom. The first kappa shape index (κ1) is 10.5. The predicted octanol–water partition coefficient (Wildman–Crippen LogP) is 0.880. The Labute approximate surface area is 92.5 Å². The molecule has 0 bridgehead atoms. The molecule has 1 N–H and O–H groups in total. The SMILES string of the molecule is COc1ccnc(OC)c1C1COC(=O)N1. The number of nitrogens with zero attached hydrogens (tertiary/aromatic N) is 1. The van der Waals surface area contributed by atoms with E-state index in [1.54, 1.807) is 19.4 Å². The first-order chi connectivity index (χ1) is 7.76. The van der Waals surface area contributed by atoms with Crippen LogP contribution >= 0.6 is 0 Å². The van der Waals surface area contributed by atoms with Crippen LogP contribution in [-0.4, -0.2) is 31.9 Å². The number of hydrogen-bond donors (Lipinski definition) is 1. The third kappa shape index (κ3) is 1.73. The molecule has 1 amide bonds. The van der Waals surface area contributed by atoms with Crippen molar-refractivity contribution in [2.45, 2.75) is 6.04 Å². The lowest BCUT2D eigenvalue weighted by atomic mass is 10.1. The fourth-order valence-electron chi connectivity index (χ4n) is 1.64. The normalized spacial score (nSPS) is 18.9. The van der Waals surface area contributed by atoms with E-state index < -0.39 is 6.09 Å². The van der Waals surface area contributed by atoms with E-state index in [0.717, 1.165) is 0 Å². The predicted molar refractivity (Wildman–Crippen MR) is 54.6 cm³/mol. The second kappa shape index (κ2) is 4.26.